The number of nitrogens with one attached hydrogen (secondary N) is 1. The zero-order chi connectivity index (χ0) is 14.1. The van der Waals surface area contributed by atoms with Crippen molar-refractivity contribution in [2.75, 3.05) is 13.2 Å². The molecule has 1 amide bonds. The first-order valence-electron chi connectivity index (χ1n) is 6.67. The fraction of sp³-hybridized carbons (Fsp3) is 0.429. The third kappa shape index (κ3) is 2.51. The Morgan fingerprint density at radius 3 is 3.20 bits per heavy atom. The third-order valence-corrected chi connectivity index (χ3v) is 3.94. The van der Waals surface area contributed by atoms with E-state index in [0.717, 1.165) is 30.5 Å². The van der Waals surface area contributed by atoms with E-state index in [1.165, 1.54) is 0 Å². The van der Waals surface area contributed by atoms with Gasteiger partial charge in [-0.05, 0) is 42.6 Å². The number of halogens is 1. The molecular formula is C14H16ClN3O2. The quantitative estimate of drug-likeness (QED) is 0.943. The van der Waals surface area contributed by atoms with E-state index >= 15 is 0 Å². The molecule has 5 nitrogen and oxygen atoms in total. The Kier molecular flexibility index (Phi) is 3.63. The van der Waals surface area contributed by atoms with Crippen molar-refractivity contribution in [1.29, 1.82) is 0 Å². The molecule has 1 unspecified atom stereocenters. The molecule has 1 N–H and O–H groups in total. The van der Waals surface area contributed by atoms with E-state index in [1.807, 2.05) is 13.1 Å². The first-order chi connectivity index (χ1) is 9.65. The zero-order valence-corrected chi connectivity index (χ0v) is 12.0. The molecule has 1 saturated heterocycles. The predicted molar refractivity (Wildman–Crippen MR) is 77.0 cm³/mol. The molecule has 1 aromatic heterocycles. The second kappa shape index (κ2) is 5.42. The number of benzene rings is 1. The molecule has 1 fully saturated rings. The number of ether oxygens (including phenoxy) is 1. The molecular weight excluding hydrogens is 278 g/mol. The minimum absolute atomic E-state index is 0.0975. The third-order valence-electron chi connectivity index (χ3n) is 3.60. The first-order valence-corrected chi connectivity index (χ1v) is 7.05. The topological polar surface area (TPSA) is 56.2 Å². The van der Waals surface area contributed by atoms with Crippen LogP contribution in [-0.2, 0) is 11.8 Å². The van der Waals surface area contributed by atoms with Crippen molar-refractivity contribution in [3.05, 3.63) is 29.0 Å². The van der Waals surface area contributed by atoms with Gasteiger partial charge in [0.05, 0.1) is 17.1 Å². The number of aryl methyl sites for hydroxylation is 1. The number of hydrogen-bond acceptors (Lipinski definition) is 3. The van der Waals surface area contributed by atoms with Crippen LogP contribution in [0, 0.1) is 0 Å². The summed E-state index contributed by atoms with van der Waals surface area (Å²) in [5.74, 6) is -0.0975. The molecule has 20 heavy (non-hydrogen) atoms. The molecule has 106 valence electrons. The van der Waals surface area contributed by atoms with Crippen LogP contribution in [0.5, 0.6) is 0 Å². The molecule has 0 radical (unpaired) electrons. The summed E-state index contributed by atoms with van der Waals surface area (Å²) in [6, 6.07) is 5.37. The minimum atomic E-state index is -0.0975. The fourth-order valence-corrected chi connectivity index (χ4v) is 2.60. The van der Waals surface area contributed by atoms with Crippen molar-refractivity contribution >= 4 is 28.5 Å². The summed E-state index contributed by atoms with van der Waals surface area (Å²) < 4.78 is 7.24. The number of fused-ring (bicyclic) bond motifs is 1. The summed E-state index contributed by atoms with van der Waals surface area (Å²) >= 11 is 5.97. The van der Waals surface area contributed by atoms with Crippen LogP contribution in [0.1, 0.15) is 23.2 Å². The molecule has 6 heteroatoms. The highest BCUT2D eigenvalue weighted by Gasteiger charge is 2.17. The SMILES string of the molecule is Cn1c(Cl)nc2ccc(C(=O)NCC3CCCO3)cc21. The van der Waals surface area contributed by atoms with Crippen LogP contribution >= 0.6 is 11.6 Å². The van der Waals surface area contributed by atoms with Gasteiger partial charge in [-0.2, -0.15) is 0 Å². The number of aromatic nitrogens is 2. The number of carbonyl (C=O) groups excluding carboxylic acids is 1. The van der Waals surface area contributed by atoms with Crippen molar-refractivity contribution < 1.29 is 9.53 Å². The van der Waals surface area contributed by atoms with Crippen molar-refractivity contribution in [2.45, 2.75) is 18.9 Å². The summed E-state index contributed by atoms with van der Waals surface area (Å²) in [5, 5.41) is 3.32. The van der Waals surface area contributed by atoms with Crippen LogP contribution in [0.3, 0.4) is 0 Å². The highest BCUT2D eigenvalue weighted by Crippen LogP contribution is 2.19. The van der Waals surface area contributed by atoms with Crippen LogP contribution in [0.25, 0.3) is 11.0 Å². The zero-order valence-electron chi connectivity index (χ0n) is 11.2. The summed E-state index contributed by atoms with van der Waals surface area (Å²) in [7, 11) is 1.83. The Bertz CT molecular complexity index is 647. The lowest BCUT2D eigenvalue weighted by Crippen LogP contribution is -2.31. The number of amides is 1. The first kappa shape index (κ1) is 13.4. The van der Waals surface area contributed by atoms with Crippen molar-refractivity contribution in [1.82, 2.24) is 14.9 Å². The smallest absolute Gasteiger partial charge is 0.251 e. The van der Waals surface area contributed by atoms with Gasteiger partial charge in [-0.1, -0.05) is 0 Å². The highest BCUT2D eigenvalue weighted by molar-refractivity contribution is 6.29. The molecule has 2 aromatic rings. The average Bonchev–Trinajstić information content (AvgIpc) is 3.06. The molecule has 1 aliphatic heterocycles. The van der Waals surface area contributed by atoms with Gasteiger partial charge < -0.3 is 14.6 Å². The number of carbonyl (C=O) groups is 1. The normalized spacial score (nSPS) is 18.6. The van der Waals surface area contributed by atoms with Gasteiger partial charge >= 0.3 is 0 Å². The molecule has 0 spiro atoms. The van der Waals surface area contributed by atoms with Crippen molar-refractivity contribution in [3.8, 4) is 0 Å². The van der Waals surface area contributed by atoms with E-state index in [9.17, 15) is 4.79 Å². The Balaban J connectivity index is 1.75. The maximum absolute atomic E-state index is 12.1. The molecule has 1 atom stereocenters. The largest absolute Gasteiger partial charge is 0.376 e. The van der Waals surface area contributed by atoms with Crippen molar-refractivity contribution in [3.63, 3.8) is 0 Å². The maximum atomic E-state index is 12.1. The maximum Gasteiger partial charge on any atom is 0.251 e. The molecule has 0 saturated carbocycles. The molecule has 2 heterocycles. The van der Waals surface area contributed by atoms with Gasteiger partial charge in [0.25, 0.3) is 5.91 Å². The van der Waals surface area contributed by atoms with Gasteiger partial charge in [0.1, 0.15) is 0 Å². The predicted octanol–water partition coefficient (Wildman–Crippen LogP) is 2.14. The standard InChI is InChI=1S/C14H16ClN3O2/c1-18-12-7-9(4-5-11(12)17-14(18)15)13(19)16-8-10-3-2-6-20-10/h4-5,7,10H,2-3,6,8H2,1H3,(H,16,19). The number of rotatable bonds is 3. The number of hydrogen-bond donors (Lipinski definition) is 1. The Morgan fingerprint density at radius 2 is 2.45 bits per heavy atom. The van der Waals surface area contributed by atoms with E-state index in [4.69, 9.17) is 16.3 Å². The molecule has 0 bridgehead atoms. The Labute approximate surface area is 121 Å². The van der Waals surface area contributed by atoms with Crippen LogP contribution in [0.2, 0.25) is 5.28 Å². The summed E-state index contributed by atoms with van der Waals surface area (Å²) in [6.45, 7) is 1.35. The van der Waals surface area contributed by atoms with Crippen LogP contribution in [0.15, 0.2) is 18.2 Å². The summed E-state index contributed by atoms with van der Waals surface area (Å²) in [4.78, 5) is 16.3. The summed E-state index contributed by atoms with van der Waals surface area (Å²) in [5.41, 5.74) is 2.24. The van der Waals surface area contributed by atoms with Gasteiger partial charge in [-0.3, -0.25) is 4.79 Å². The highest BCUT2D eigenvalue weighted by atomic mass is 35.5. The summed E-state index contributed by atoms with van der Waals surface area (Å²) in [6.07, 6.45) is 2.23. The molecule has 3 rings (SSSR count). The second-order valence-corrected chi connectivity index (χ2v) is 5.33. The molecule has 1 aromatic carbocycles. The Morgan fingerprint density at radius 1 is 1.60 bits per heavy atom. The van der Waals surface area contributed by atoms with Crippen LogP contribution in [0.4, 0.5) is 0 Å². The van der Waals surface area contributed by atoms with E-state index in [0.29, 0.717) is 17.4 Å². The van der Waals surface area contributed by atoms with E-state index in [-0.39, 0.29) is 12.0 Å². The lowest BCUT2D eigenvalue weighted by molar-refractivity contribution is 0.0858. The van der Waals surface area contributed by atoms with Crippen molar-refractivity contribution in [2.24, 2.45) is 7.05 Å². The monoisotopic (exact) mass is 293 g/mol. The molecule has 0 aliphatic carbocycles. The molecule has 1 aliphatic rings. The lowest BCUT2D eigenvalue weighted by Gasteiger charge is -2.10. The fourth-order valence-electron chi connectivity index (χ4n) is 2.42. The van der Waals surface area contributed by atoms with Gasteiger partial charge in [-0.25, -0.2) is 4.98 Å². The van der Waals surface area contributed by atoms with E-state index < -0.39 is 0 Å². The van der Waals surface area contributed by atoms with Gasteiger partial charge in [0, 0.05) is 25.8 Å². The lowest BCUT2D eigenvalue weighted by atomic mass is 10.1. The van der Waals surface area contributed by atoms with E-state index in [1.54, 1.807) is 16.7 Å². The number of imidazole rings is 1. The van der Waals surface area contributed by atoms with Crippen LogP contribution in [-0.4, -0.2) is 34.7 Å². The van der Waals surface area contributed by atoms with Gasteiger partial charge in [-0.15, -0.1) is 0 Å². The number of nitrogens with zero attached hydrogens (tertiary/aromatic N) is 2. The average molecular weight is 294 g/mol. The Hall–Kier alpha value is -1.59. The van der Waals surface area contributed by atoms with E-state index in [2.05, 4.69) is 10.3 Å². The van der Waals surface area contributed by atoms with Gasteiger partial charge in [0.2, 0.25) is 5.28 Å². The van der Waals surface area contributed by atoms with Gasteiger partial charge in [0.15, 0.2) is 0 Å². The minimum Gasteiger partial charge on any atom is -0.376 e. The second-order valence-electron chi connectivity index (χ2n) is 4.99. The van der Waals surface area contributed by atoms with Crippen LogP contribution < -0.4 is 5.32 Å².